The number of carbonyl (C=O) groups is 1. The van der Waals surface area contributed by atoms with E-state index in [1.807, 2.05) is 18.7 Å². The van der Waals surface area contributed by atoms with E-state index in [1.165, 1.54) is 5.56 Å². The highest BCUT2D eigenvalue weighted by molar-refractivity contribution is 5.97. The maximum Gasteiger partial charge on any atom is 0.254 e. The average Bonchev–Trinajstić information content (AvgIpc) is 2.27. The smallest absolute Gasteiger partial charge is 0.254 e. The molecule has 1 aliphatic heterocycles. The van der Waals surface area contributed by atoms with Crippen molar-refractivity contribution < 1.29 is 4.79 Å². The van der Waals surface area contributed by atoms with E-state index in [0.29, 0.717) is 6.04 Å². The van der Waals surface area contributed by atoms with Crippen LogP contribution < -0.4 is 5.32 Å². The lowest BCUT2D eigenvalue weighted by Crippen LogP contribution is -2.51. The fourth-order valence-corrected chi connectivity index (χ4v) is 2.79. The zero-order valence-corrected chi connectivity index (χ0v) is 12.9. The van der Waals surface area contributed by atoms with Crippen LogP contribution in [0.3, 0.4) is 0 Å². The number of carbonyl (C=O) groups excluding carboxylic acids is 1. The number of nitrogens with zero attached hydrogens (tertiary/aromatic N) is 1. The highest BCUT2D eigenvalue weighted by Gasteiger charge is 2.23. The van der Waals surface area contributed by atoms with Crippen molar-refractivity contribution in [3.8, 4) is 0 Å². The van der Waals surface area contributed by atoms with E-state index < -0.39 is 0 Å². The van der Waals surface area contributed by atoms with Crippen LogP contribution in [0, 0.1) is 20.8 Å². The van der Waals surface area contributed by atoms with Gasteiger partial charge in [-0.15, -0.1) is 12.4 Å². The van der Waals surface area contributed by atoms with Gasteiger partial charge in [0.15, 0.2) is 0 Å². The van der Waals surface area contributed by atoms with Gasteiger partial charge in [0, 0.05) is 31.2 Å². The van der Waals surface area contributed by atoms with E-state index in [2.05, 4.69) is 31.3 Å². The summed E-state index contributed by atoms with van der Waals surface area (Å²) < 4.78 is 0. The van der Waals surface area contributed by atoms with Crippen LogP contribution in [0.2, 0.25) is 0 Å². The van der Waals surface area contributed by atoms with Gasteiger partial charge < -0.3 is 10.2 Å². The molecule has 0 aliphatic carbocycles. The van der Waals surface area contributed by atoms with Gasteiger partial charge in [0.1, 0.15) is 0 Å². The van der Waals surface area contributed by atoms with Crippen LogP contribution in [-0.2, 0) is 0 Å². The number of halogens is 1. The molecule has 1 aromatic carbocycles. The van der Waals surface area contributed by atoms with Gasteiger partial charge in [-0.05, 0) is 38.8 Å². The molecule has 2 rings (SSSR count). The van der Waals surface area contributed by atoms with Gasteiger partial charge in [-0.25, -0.2) is 0 Å². The quantitative estimate of drug-likeness (QED) is 0.858. The Morgan fingerprint density at radius 1 is 1.26 bits per heavy atom. The van der Waals surface area contributed by atoms with Gasteiger partial charge in [-0.1, -0.05) is 17.7 Å². The summed E-state index contributed by atoms with van der Waals surface area (Å²) in [6, 6.07) is 4.56. The molecule has 0 unspecified atom stereocenters. The summed E-state index contributed by atoms with van der Waals surface area (Å²) in [5.41, 5.74) is 4.28. The Labute approximate surface area is 121 Å². The lowest BCUT2D eigenvalue weighted by molar-refractivity contribution is 0.0707. The Morgan fingerprint density at radius 2 is 1.84 bits per heavy atom. The minimum atomic E-state index is 0. The Balaban J connectivity index is 0.00000180. The molecule has 0 bridgehead atoms. The van der Waals surface area contributed by atoms with Crippen LogP contribution in [0.25, 0.3) is 0 Å². The molecule has 1 atom stereocenters. The molecule has 1 amide bonds. The topological polar surface area (TPSA) is 32.3 Å². The van der Waals surface area contributed by atoms with Crippen LogP contribution in [0.4, 0.5) is 0 Å². The van der Waals surface area contributed by atoms with E-state index in [4.69, 9.17) is 0 Å². The molecular formula is C15H23ClN2O. The maximum absolute atomic E-state index is 12.6. The second-order valence-electron chi connectivity index (χ2n) is 5.38. The molecule has 4 heteroatoms. The second-order valence-corrected chi connectivity index (χ2v) is 5.38. The number of rotatable bonds is 1. The van der Waals surface area contributed by atoms with E-state index in [-0.39, 0.29) is 18.3 Å². The monoisotopic (exact) mass is 282 g/mol. The predicted octanol–water partition coefficient (Wildman–Crippen LogP) is 2.47. The molecule has 0 radical (unpaired) electrons. The highest BCUT2D eigenvalue weighted by atomic mass is 35.5. The largest absolute Gasteiger partial charge is 0.336 e. The third-order valence-corrected chi connectivity index (χ3v) is 3.55. The molecule has 1 N–H and O–H groups in total. The maximum atomic E-state index is 12.6. The summed E-state index contributed by atoms with van der Waals surface area (Å²) in [4.78, 5) is 14.6. The van der Waals surface area contributed by atoms with Crippen molar-refractivity contribution in [3.63, 3.8) is 0 Å². The van der Waals surface area contributed by atoms with E-state index >= 15 is 0 Å². The van der Waals surface area contributed by atoms with E-state index in [9.17, 15) is 4.79 Å². The van der Waals surface area contributed by atoms with Crippen molar-refractivity contribution in [1.29, 1.82) is 0 Å². The first-order valence-corrected chi connectivity index (χ1v) is 6.59. The second kappa shape index (κ2) is 6.40. The van der Waals surface area contributed by atoms with Crippen molar-refractivity contribution in [1.82, 2.24) is 10.2 Å². The Kier molecular flexibility index (Phi) is 5.39. The van der Waals surface area contributed by atoms with Crippen LogP contribution in [-0.4, -0.2) is 36.5 Å². The first-order chi connectivity index (χ1) is 8.49. The van der Waals surface area contributed by atoms with Gasteiger partial charge in [-0.3, -0.25) is 4.79 Å². The average molecular weight is 283 g/mol. The first-order valence-electron chi connectivity index (χ1n) is 6.59. The Bertz CT molecular complexity index is 450. The number of nitrogens with one attached hydrogen (secondary N) is 1. The fourth-order valence-electron chi connectivity index (χ4n) is 2.79. The number of benzene rings is 1. The number of aryl methyl sites for hydroxylation is 3. The van der Waals surface area contributed by atoms with Crippen molar-refractivity contribution in [3.05, 3.63) is 34.4 Å². The normalized spacial score (nSPS) is 18.9. The molecule has 0 aromatic heterocycles. The molecule has 19 heavy (non-hydrogen) atoms. The molecule has 106 valence electrons. The molecule has 3 nitrogen and oxygen atoms in total. The summed E-state index contributed by atoms with van der Waals surface area (Å²) in [5, 5.41) is 3.36. The molecule has 0 spiro atoms. The van der Waals surface area contributed by atoms with Crippen molar-refractivity contribution in [2.75, 3.05) is 19.6 Å². The fraction of sp³-hybridized carbons (Fsp3) is 0.533. The summed E-state index contributed by atoms with van der Waals surface area (Å²) >= 11 is 0. The molecule has 0 saturated carbocycles. The molecule has 1 aliphatic rings. The standard InChI is InChI=1S/C15H22N2O.ClH/c1-10-7-11(2)14(12(3)8-10)15(18)17-6-5-16-13(4)9-17;/h7-8,13,16H,5-6,9H2,1-4H3;1H/t13-;/m0./s1. The molecule has 1 heterocycles. The SMILES string of the molecule is Cc1cc(C)c(C(=O)N2CCN[C@@H](C)C2)c(C)c1.Cl. The van der Waals surface area contributed by atoms with Gasteiger partial charge >= 0.3 is 0 Å². The minimum Gasteiger partial charge on any atom is -0.336 e. The summed E-state index contributed by atoms with van der Waals surface area (Å²) in [6.45, 7) is 10.7. The molecular weight excluding hydrogens is 260 g/mol. The number of hydrogen-bond acceptors (Lipinski definition) is 2. The first kappa shape index (κ1) is 16.0. The lowest BCUT2D eigenvalue weighted by atomic mass is 9.98. The van der Waals surface area contributed by atoms with E-state index in [0.717, 1.165) is 36.3 Å². The molecule has 1 saturated heterocycles. The van der Waals surface area contributed by atoms with Gasteiger partial charge in [-0.2, -0.15) is 0 Å². The van der Waals surface area contributed by atoms with Crippen LogP contribution >= 0.6 is 12.4 Å². The minimum absolute atomic E-state index is 0. The third-order valence-electron chi connectivity index (χ3n) is 3.55. The summed E-state index contributed by atoms with van der Waals surface area (Å²) in [6.07, 6.45) is 0. The van der Waals surface area contributed by atoms with Gasteiger partial charge in [0.25, 0.3) is 5.91 Å². The van der Waals surface area contributed by atoms with Crippen LogP contribution in [0.5, 0.6) is 0 Å². The van der Waals surface area contributed by atoms with E-state index in [1.54, 1.807) is 0 Å². The van der Waals surface area contributed by atoms with Gasteiger partial charge in [0.05, 0.1) is 0 Å². The van der Waals surface area contributed by atoms with Crippen molar-refractivity contribution in [2.24, 2.45) is 0 Å². The molecule has 1 fully saturated rings. The Morgan fingerprint density at radius 3 is 2.37 bits per heavy atom. The predicted molar refractivity (Wildman–Crippen MR) is 81.3 cm³/mol. The molecule has 1 aromatic rings. The summed E-state index contributed by atoms with van der Waals surface area (Å²) in [5.74, 6) is 0.179. The lowest BCUT2D eigenvalue weighted by Gasteiger charge is -2.32. The van der Waals surface area contributed by atoms with Gasteiger partial charge in [0.2, 0.25) is 0 Å². The zero-order valence-electron chi connectivity index (χ0n) is 12.1. The highest BCUT2D eigenvalue weighted by Crippen LogP contribution is 2.19. The zero-order chi connectivity index (χ0) is 13.3. The van der Waals surface area contributed by atoms with Crippen LogP contribution in [0.1, 0.15) is 34.0 Å². The van der Waals surface area contributed by atoms with Crippen molar-refractivity contribution >= 4 is 18.3 Å². The number of piperazine rings is 1. The Hall–Kier alpha value is -1.06. The third kappa shape index (κ3) is 3.48. The van der Waals surface area contributed by atoms with Crippen molar-refractivity contribution in [2.45, 2.75) is 33.7 Å². The van der Waals surface area contributed by atoms with Crippen LogP contribution in [0.15, 0.2) is 12.1 Å². The number of hydrogen-bond donors (Lipinski definition) is 1. The summed E-state index contributed by atoms with van der Waals surface area (Å²) in [7, 11) is 0. The number of amides is 1.